The third-order valence-electron chi connectivity index (χ3n) is 4.70. The van der Waals surface area contributed by atoms with Crippen molar-refractivity contribution in [1.82, 2.24) is 15.1 Å². The van der Waals surface area contributed by atoms with Crippen molar-refractivity contribution < 1.29 is 13.2 Å². The first-order valence-electron chi connectivity index (χ1n) is 8.89. The second-order valence-electron chi connectivity index (χ2n) is 6.74. The molecule has 28 heavy (non-hydrogen) atoms. The van der Waals surface area contributed by atoms with Gasteiger partial charge in [0.15, 0.2) is 0 Å². The topological polar surface area (TPSA) is 84.3 Å². The molecule has 4 rings (SSSR count). The predicted octanol–water partition coefficient (Wildman–Crippen LogP) is 2.12. The molecule has 1 aliphatic heterocycles. The summed E-state index contributed by atoms with van der Waals surface area (Å²) >= 11 is 0. The number of hydrogen-bond donors (Lipinski definition) is 1. The fourth-order valence-electron chi connectivity index (χ4n) is 3.31. The molecule has 0 saturated carbocycles. The molecule has 0 atom stereocenters. The first kappa shape index (κ1) is 18.2. The molecule has 7 nitrogen and oxygen atoms in total. The van der Waals surface area contributed by atoms with Crippen molar-refractivity contribution in [3.8, 4) is 5.69 Å². The van der Waals surface area contributed by atoms with E-state index < -0.39 is 10.0 Å². The average molecular weight is 396 g/mol. The lowest BCUT2D eigenvalue weighted by Gasteiger charge is -2.16. The second kappa shape index (κ2) is 7.12. The van der Waals surface area contributed by atoms with Crippen LogP contribution in [-0.2, 0) is 23.0 Å². The van der Waals surface area contributed by atoms with Crippen molar-refractivity contribution in [2.24, 2.45) is 0 Å². The number of nitrogens with one attached hydrogen (secondary N) is 1. The van der Waals surface area contributed by atoms with Gasteiger partial charge in [-0.25, -0.2) is 13.1 Å². The Kier molecular flexibility index (Phi) is 4.64. The molecule has 144 valence electrons. The maximum atomic E-state index is 12.5. The number of hydrogen-bond acceptors (Lipinski definition) is 4. The molecule has 0 spiro atoms. The van der Waals surface area contributed by atoms with E-state index in [0.29, 0.717) is 30.8 Å². The third kappa shape index (κ3) is 3.63. The Labute approximate surface area is 163 Å². The van der Waals surface area contributed by atoms with Gasteiger partial charge < -0.3 is 5.32 Å². The van der Waals surface area contributed by atoms with Crippen molar-refractivity contribution in [3.63, 3.8) is 0 Å². The number of carbonyl (C=O) groups is 1. The first-order valence-corrected chi connectivity index (χ1v) is 10.7. The molecule has 1 N–H and O–H groups in total. The van der Waals surface area contributed by atoms with Crippen molar-refractivity contribution in [2.75, 3.05) is 17.1 Å². The van der Waals surface area contributed by atoms with Crippen LogP contribution in [0.4, 0.5) is 5.69 Å². The predicted molar refractivity (Wildman–Crippen MR) is 107 cm³/mol. The molecular formula is C20H20N4O3S. The van der Waals surface area contributed by atoms with E-state index in [9.17, 15) is 13.2 Å². The van der Waals surface area contributed by atoms with Crippen molar-refractivity contribution in [1.29, 1.82) is 0 Å². The molecular weight excluding hydrogens is 376 g/mol. The summed E-state index contributed by atoms with van der Waals surface area (Å²) < 4.78 is 26.8. The number of anilines is 1. The van der Waals surface area contributed by atoms with Gasteiger partial charge in [-0.1, -0.05) is 18.2 Å². The van der Waals surface area contributed by atoms with E-state index in [0.717, 1.165) is 16.8 Å². The van der Waals surface area contributed by atoms with Gasteiger partial charge in [0.1, 0.15) is 0 Å². The van der Waals surface area contributed by atoms with Gasteiger partial charge >= 0.3 is 0 Å². The number of nitrogens with zero attached hydrogens (tertiary/aromatic N) is 3. The highest BCUT2D eigenvalue weighted by Gasteiger charge is 2.26. The lowest BCUT2D eigenvalue weighted by atomic mass is 10.1. The van der Waals surface area contributed by atoms with E-state index in [1.165, 1.54) is 10.6 Å². The molecule has 0 bridgehead atoms. The number of benzene rings is 2. The van der Waals surface area contributed by atoms with E-state index in [4.69, 9.17) is 0 Å². The fourth-order valence-corrected chi connectivity index (χ4v) is 4.27. The van der Waals surface area contributed by atoms with Crippen LogP contribution in [-0.4, -0.2) is 36.9 Å². The number of fused-ring (bicyclic) bond motifs is 1. The van der Waals surface area contributed by atoms with Gasteiger partial charge in [-0.15, -0.1) is 0 Å². The minimum atomic E-state index is -3.29. The minimum absolute atomic E-state index is 0.201. The summed E-state index contributed by atoms with van der Waals surface area (Å²) in [6, 6.07) is 14.9. The third-order valence-corrected chi connectivity index (χ3v) is 5.88. The van der Waals surface area contributed by atoms with Crippen LogP contribution in [0.3, 0.4) is 0 Å². The smallest absolute Gasteiger partial charge is 0.251 e. The second-order valence-corrected chi connectivity index (χ2v) is 8.65. The first-order chi connectivity index (χ1) is 13.4. The molecule has 1 aliphatic rings. The largest absolute Gasteiger partial charge is 0.348 e. The molecule has 3 aromatic rings. The molecule has 0 saturated heterocycles. The van der Waals surface area contributed by atoms with Crippen LogP contribution >= 0.6 is 0 Å². The maximum Gasteiger partial charge on any atom is 0.251 e. The number of aromatic nitrogens is 2. The average Bonchev–Trinajstić information content (AvgIpc) is 3.33. The lowest BCUT2D eigenvalue weighted by molar-refractivity contribution is 0.0951. The summed E-state index contributed by atoms with van der Waals surface area (Å²) in [6.07, 6.45) is 5.40. The Morgan fingerprint density at radius 3 is 2.71 bits per heavy atom. The number of amides is 1. The van der Waals surface area contributed by atoms with Crippen LogP contribution in [0.2, 0.25) is 0 Å². The van der Waals surface area contributed by atoms with Crippen LogP contribution in [0.25, 0.3) is 5.69 Å². The highest BCUT2D eigenvalue weighted by Crippen LogP contribution is 2.30. The number of rotatable bonds is 5. The number of para-hydroxylation sites is 1. The Bertz CT molecular complexity index is 1120. The summed E-state index contributed by atoms with van der Waals surface area (Å²) in [5, 5.41) is 7.21. The SMILES string of the molecule is CS(=O)(=O)N1CCc2cc(C(=O)NCc3cnn(-c4ccccc4)c3)ccc21. The van der Waals surface area contributed by atoms with Gasteiger partial charge in [-0.05, 0) is 42.3 Å². The monoisotopic (exact) mass is 396 g/mol. The molecule has 1 amide bonds. The summed E-state index contributed by atoms with van der Waals surface area (Å²) in [5.74, 6) is -0.201. The number of carbonyl (C=O) groups excluding carboxylic acids is 1. The molecule has 0 unspecified atom stereocenters. The zero-order valence-electron chi connectivity index (χ0n) is 15.4. The quantitative estimate of drug-likeness (QED) is 0.716. The normalized spacial score (nSPS) is 13.4. The van der Waals surface area contributed by atoms with E-state index in [1.54, 1.807) is 29.1 Å². The van der Waals surface area contributed by atoms with Gasteiger partial charge in [-0.3, -0.25) is 9.10 Å². The zero-order valence-corrected chi connectivity index (χ0v) is 16.2. The highest BCUT2D eigenvalue weighted by atomic mass is 32.2. The Hall–Kier alpha value is -3.13. The van der Waals surface area contributed by atoms with Crippen LogP contribution in [0, 0.1) is 0 Å². The van der Waals surface area contributed by atoms with Crippen molar-refractivity contribution in [2.45, 2.75) is 13.0 Å². The van der Waals surface area contributed by atoms with Gasteiger partial charge in [0.2, 0.25) is 10.0 Å². The van der Waals surface area contributed by atoms with Crippen LogP contribution < -0.4 is 9.62 Å². The van der Waals surface area contributed by atoms with E-state index in [1.807, 2.05) is 36.5 Å². The minimum Gasteiger partial charge on any atom is -0.348 e. The maximum absolute atomic E-state index is 12.5. The Morgan fingerprint density at radius 2 is 1.96 bits per heavy atom. The molecule has 8 heteroatoms. The van der Waals surface area contributed by atoms with Crippen LogP contribution in [0.15, 0.2) is 60.9 Å². The van der Waals surface area contributed by atoms with E-state index >= 15 is 0 Å². The standard InChI is InChI=1S/C20H20N4O3S/c1-28(26,27)24-10-9-16-11-17(7-8-19(16)24)20(25)21-12-15-13-22-23(14-15)18-5-3-2-4-6-18/h2-8,11,13-14H,9-10,12H2,1H3,(H,21,25). The zero-order chi connectivity index (χ0) is 19.7. The Morgan fingerprint density at radius 1 is 1.18 bits per heavy atom. The highest BCUT2D eigenvalue weighted by molar-refractivity contribution is 7.92. The van der Waals surface area contributed by atoms with Gasteiger partial charge in [0, 0.05) is 30.4 Å². The lowest BCUT2D eigenvalue weighted by Crippen LogP contribution is -2.27. The van der Waals surface area contributed by atoms with Gasteiger partial charge in [-0.2, -0.15) is 5.10 Å². The summed E-state index contributed by atoms with van der Waals surface area (Å²) in [5.41, 5.74) is 3.89. The molecule has 2 heterocycles. The van der Waals surface area contributed by atoms with Crippen molar-refractivity contribution >= 4 is 21.6 Å². The molecule has 0 fully saturated rings. The fraction of sp³-hybridized carbons (Fsp3) is 0.200. The summed E-state index contributed by atoms with van der Waals surface area (Å²) in [4.78, 5) is 12.5. The van der Waals surface area contributed by atoms with Gasteiger partial charge in [0.25, 0.3) is 5.91 Å². The summed E-state index contributed by atoms with van der Waals surface area (Å²) in [7, 11) is -3.29. The van der Waals surface area contributed by atoms with E-state index in [2.05, 4.69) is 10.4 Å². The van der Waals surface area contributed by atoms with E-state index in [-0.39, 0.29) is 5.91 Å². The molecule has 0 aliphatic carbocycles. The summed E-state index contributed by atoms with van der Waals surface area (Å²) in [6.45, 7) is 0.774. The van der Waals surface area contributed by atoms with Crippen LogP contribution in [0.5, 0.6) is 0 Å². The Balaban J connectivity index is 1.43. The van der Waals surface area contributed by atoms with Crippen molar-refractivity contribution in [3.05, 3.63) is 77.6 Å². The molecule has 0 radical (unpaired) electrons. The number of sulfonamides is 1. The molecule has 1 aromatic heterocycles. The van der Waals surface area contributed by atoms with Gasteiger partial charge in [0.05, 0.1) is 23.8 Å². The van der Waals surface area contributed by atoms with Crippen LogP contribution in [0.1, 0.15) is 21.5 Å². The molecule has 2 aromatic carbocycles.